The topological polar surface area (TPSA) is 54.4 Å². The van der Waals surface area contributed by atoms with E-state index < -0.39 is 0 Å². The van der Waals surface area contributed by atoms with Crippen molar-refractivity contribution in [1.29, 1.82) is 0 Å². The highest BCUT2D eigenvalue weighted by Gasteiger charge is 2.07. The van der Waals surface area contributed by atoms with Gasteiger partial charge >= 0.3 is 0 Å². The molecule has 1 N–H and O–H groups in total. The molecule has 2 rings (SSSR count). The molecule has 1 aliphatic heterocycles. The number of amides is 1. The van der Waals surface area contributed by atoms with Gasteiger partial charge in [-0.3, -0.25) is 14.8 Å². The first-order chi connectivity index (χ1) is 7.81. The molecule has 82 valence electrons. The zero-order chi connectivity index (χ0) is 11.4. The lowest BCUT2D eigenvalue weighted by Gasteiger charge is -2.08. The van der Waals surface area contributed by atoms with Crippen molar-refractivity contribution >= 4 is 17.7 Å². The normalized spacial score (nSPS) is 14.4. The number of hydrogen-bond acceptors (Lipinski definition) is 3. The van der Waals surface area contributed by atoms with Crippen molar-refractivity contribution in [2.45, 2.75) is 6.42 Å². The number of rotatable bonds is 2. The standard InChI is InChI=1S/C12H13N3O/c1-13-12(16)11-3-2-10(8-15-11)9-4-6-14-7-5-9/h2-4,7-8H,5-6H2,1H3,(H,13,16). The highest BCUT2D eigenvalue weighted by atomic mass is 16.1. The summed E-state index contributed by atoms with van der Waals surface area (Å²) in [5, 5.41) is 2.54. The van der Waals surface area contributed by atoms with E-state index in [9.17, 15) is 4.79 Å². The predicted molar refractivity (Wildman–Crippen MR) is 63.6 cm³/mol. The Morgan fingerprint density at radius 3 is 2.88 bits per heavy atom. The number of allylic oxidation sites excluding steroid dienone is 1. The predicted octanol–water partition coefficient (Wildman–Crippen LogP) is 1.30. The molecule has 0 aliphatic carbocycles. The number of carbonyl (C=O) groups excluding carboxylic acids is 1. The van der Waals surface area contributed by atoms with E-state index in [-0.39, 0.29) is 5.91 Å². The summed E-state index contributed by atoms with van der Waals surface area (Å²) < 4.78 is 0. The second-order valence-corrected chi connectivity index (χ2v) is 3.49. The van der Waals surface area contributed by atoms with E-state index in [2.05, 4.69) is 21.4 Å². The summed E-state index contributed by atoms with van der Waals surface area (Å²) >= 11 is 0. The van der Waals surface area contributed by atoms with Gasteiger partial charge in [0.15, 0.2) is 0 Å². The molecule has 16 heavy (non-hydrogen) atoms. The van der Waals surface area contributed by atoms with Crippen molar-refractivity contribution in [3.05, 3.63) is 35.7 Å². The summed E-state index contributed by atoms with van der Waals surface area (Å²) in [5.41, 5.74) is 2.71. The van der Waals surface area contributed by atoms with Gasteiger partial charge in [-0.25, -0.2) is 0 Å². The molecular formula is C12H13N3O. The number of dihydropyridines is 1. The Balaban J connectivity index is 2.19. The second-order valence-electron chi connectivity index (χ2n) is 3.49. The van der Waals surface area contributed by atoms with Gasteiger partial charge in [0.1, 0.15) is 5.69 Å². The van der Waals surface area contributed by atoms with Crippen LogP contribution >= 0.6 is 0 Å². The van der Waals surface area contributed by atoms with Crippen LogP contribution in [0.4, 0.5) is 0 Å². The minimum atomic E-state index is -0.161. The van der Waals surface area contributed by atoms with Crippen LogP contribution in [0.1, 0.15) is 22.5 Å². The molecule has 1 amide bonds. The minimum absolute atomic E-state index is 0.161. The summed E-state index contributed by atoms with van der Waals surface area (Å²) in [4.78, 5) is 19.5. The van der Waals surface area contributed by atoms with Gasteiger partial charge in [0.05, 0.1) is 6.54 Å². The van der Waals surface area contributed by atoms with Gasteiger partial charge in [-0.15, -0.1) is 0 Å². The highest BCUT2D eigenvalue weighted by molar-refractivity contribution is 5.92. The molecule has 0 unspecified atom stereocenters. The maximum absolute atomic E-state index is 11.3. The number of pyridine rings is 1. The maximum atomic E-state index is 11.3. The molecule has 1 aliphatic rings. The van der Waals surface area contributed by atoms with Gasteiger partial charge in [0, 0.05) is 25.9 Å². The van der Waals surface area contributed by atoms with Crippen molar-refractivity contribution < 1.29 is 4.79 Å². The largest absolute Gasteiger partial charge is 0.354 e. The van der Waals surface area contributed by atoms with Crippen LogP contribution in [-0.4, -0.2) is 30.7 Å². The molecule has 0 atom stereocenters. The smallest absolute Gasteiger partial charge is 0.269 e. The molecule has 0 radical (unpaired) electrons. The minimum Gasteiger partial charge on any atom is -0.354 e. The van der Waals surface area contributed by atoms with Gasteiger partial charge in [-0.2, -0.15) is 0 Å². The fourth-order valence-electron chi connectivity index (χ4n) is 1.57. The number of carbonyl (C=O) groups is 1. The molecule has 0 fully saturated rings. The number of nitrogens with one attached hydrogen (secondary N) is 1. The van der Waals surface area contributed by atoms with Gasteiger partial charge in [-0.1, -0.05) is 12.1 Å². The Hall–Kier alpha value is -1.97. The maximum Gasteiger partial charge on any atom is 0.269 e. The Labute approximate surface area is 94.1 Å². The average Bonchev–Trinajstić information content (AvgIpc) is 2.39. The monoisotopic (exact) mass is 215 g/mol. The van der Waals surface area contributed by atoms with E-state index in [1.165, 1.54) is 5.57 Å². The summed E-state index contributed by atoms with van der Waals surface area (Å²) in [5.74, 6) is -0.161. The lowest BCUT2D eigenvalue weighted by atomic mass is 10.0. The van der Waals surface area contributed by atoms with E-state index in [1.807, 2.05) is 12.3 Å². The lowest BCUT2D eigenvalue weighted by Crippen LogP contribution is -2.19. The van der Waals surface area contributed by atoms with Gasteiger partial charge in [0.25, 0.3) is 5.91 Å². The summed E-state index contributed by atoms with van der Waals surface area (Å²) in [6.07, 6.45) is 6.55. The lowest BCUT2D eigenvalue weighted by molar-refractivity contribution is 0.0958. The fraction of sp³-hybridized carbons (Fsp3) is 0.250. The van der Waals surface area contributed by atoms with E-state index in [4.69, 9.17) is 0 Å². The van der Waals surface area contributed by atoms with Crippen LogP contribution in [0.25, 0.3) is 5.57 Å². The van der Waals surface area contributed by atoms with Gasteiger partial charge < -0.3 is 5.32 Å². The number of aliphatic imine (C=N–C) groups is 1. The summed E-state index contributed by atoms with van der Waals surface area (Å²) in [6.45, 7) is 0.729. The Bertz CT molecular complexity index is 446. The van der Waals surface area contributed by atoms with Crippen molar-refractivity contribution in [3.63, 3.8) is 0 Å². The third kappa shape index (κ3) is 2.16. The van der Waals surface area contributed by atoms with E-state index in [0.29, 0.717) is 5.69 Å². The highest BCUT2D eigenvalue weighted by Crippen LogP contribution is 2.18. The van der Waals surface area contributed by atoms with Crippen molar-refractivity contribution in [2.75, 3.05) is 13.6 Å². The van der Waals surface area contributed by atoms with Gasteiger partial charge in [-0.05, 0) is 17.2 Å². The van der Waals surface area contributed by atoms with Crippen molar-refractivity contribution in [1.82, 2.24) is 10.3 Å². The number of nitrogens with zero attached hydrogens (tertiary/aromatic N) is 2. The Kier molecular flexibility index (Phi) is 3.10. The molecule has 1 aromatic rings. The first-order valence-corrected chi connectivity index (χ1v) is 5.17. The Morgan fingerprint density at radius 1 is 1.44 bits per heavy atom. The van der Waals surface area contributed by atoms with E-state index in [1.54, 1.807) is 19.3 Å². The Morgan fingerprint density at radius 2 is 2.31 bits per heavy atom. The quantitative estimate of drug-likeness (QED) is 0.808. The van der Waals surface area contributed by atoms with Crippen LogP contribution in [0.3, 0.4) is 0 Å². The first kappa shape index (κ1) is 10.5. The molecule has 4 nitrogen and oxygen atoms in total. The summed E-state index contributed by atoms with van der Waals surface area (Å²) in [7, 11) is 1.60. The SMILES string of the molecule is CNC(=O)c1ccc(C2=CCN=CC2)cn1. The molecule has 0 bridgehead atoms. The van der Waals surface area contributed by atoms with Crippen LogP contribution in [-0.2, 0) is 0 Å². The van der Waals surface area contributed by atoms with Crippen LogP contribution < -0.4 is 5.32 Å². The molecule has 1 aromatic heterocycles. The fourth-order valence-corrected chi connectivity index (χ4v) is 1.57. The molecule has 4 heteroatoms. The molecule has 0 aromatic carbocycles. The zero-order valence-corrected chi connectivity index (χ0v) is 9.10. The van der Waals surface area contributed by atoms with Crippen LogP contribution in [0.15, 0.2) is 29.4 Å². The van der Waals surface area contributed by atoms with Crippen molar-refractivity contribution in [2.24, 2.45) is 4.99 Å². The molecule has 0 spiro atoms. The number of hydrogen-bond donors (Lipinski definition) is 1. The number of aromatic nitrogens is 1. The third-order valence-corrected chi connectivity index (χ3v) is 2.48. The first-order valence-electron chi connectivity index (χ1n) is 5.17. The van der Waals surface area contributed by atoms with Crippen LogP contribution in [0.5, 0.6) is 0 Å². The zero-order valence-electron chi connectivity index (χ0n) is 9.10. The second kappa shape index (κ2) is 4.70. The van der Waals surface area contributed by atoms with Crippen LogP contribution in [0.2, 0.25) is 0 Å². The van der Waals surface area contributed by atoms with Crippen LogP contribution in [0, 0.1) is 0 Å². The van der Waals surface area contributed by atoms with E-state index >= 15 is 0 Å². The van der Waals surface area contributed by atoms with Gasteiger partial charge in [0.2, 0.25) is 0 Å². The average molecular weight is 215 g/mol. The molecule has 0 saturated heterocycles. The third-order valence-electron chi connectivity index (χ3n) is 2.48. The van der Waals surface area contributed by atoms with E-state index in [0.717, 1.165) is 18.5 Å². The summed E-state index contributed by atoms with van der Waals surface area (Å²) in [6, 6.07) is 3.66. The molecule has 2 heterocycles. The van der Waals surface area contributed by atoms with Crippen molar-refractivity contribution in [3.8, 4) is 0 Å². The molecular weight excluding hydrogens is 202 g/mol. The molecule has 0 saturated carbocycles.